The summed E-state index contributed by atoms with van der Waals surface area (Å²) in [5, 5.41) is 3.47. The first-order valence-electron chi connectivity index (χ1n) is 5.41. The van der Waals surface area contributed by atoms with Gasteiger partial charge in [-0.25, -0.2) is 0 Å². The van der Waals surface area contributed by atoms with Crippen molar-refractivity contribution in [2.45, 2.75) is 31.8 Å². The summed E-state index contributed by atoms with van der Waals surface area (Å²) < 4.78 is 5.51. The van der Waals surface area contributed by atoms with Crippen molar-refractivity contribution in [1.29, 1.82) is 0 Å². The van der Waals surface area contributed by atoms with Gasteiger partial charge in [0.1, 0.15) is 0 Å². The van der Waals surface area contributed by atoms with Gasteiger partial charge in [-0.15, -0.1) is 0 Å². The summed E-state index contributed by atoms with van der Waals surface area (Å²) in [6.45, 7) is 7.70. The first-order chi connectivity index (χ1) is 6.36. The second kappa shape index (κ2) is 4.40. The Morgan fingerprint density at radius 2 is 2.38 bits per heavy atom. The van der Waals surface area contributed by atoms with E-state index in [9.17, 15) is 0 Å². The second-order valence-electron chi connectivity index (χ2n) is 4.22. The van der Waals surface area contributed by atoms with Crippen LogP contribution in [0.25, 0.3) is 0 Å². The van der Waals surface area contributed by atoms with Crippen molar-refractivity contribution in [3.63, 3.8) is 0 Å². The average molecular weight is 184 g/mol. The molecule has 13 heavy (non-hydrogen) atoms. The third kappa shape index (κ3) is 2.42. The highest BCUT2D eigenvalue weighted by Crippen LogP contribution is 2.14. The monoisotopic (exact) mass is 184 g/mol. The van der Waals surface area contributed by atoms with Crippen molar-refractivity contribution in [3.05, 3.63) is 0 Å². The molecule has 2 saturated heterocycles. The summed E-state index contributed by atoms with van der Waals surface area (Å²) in [6, 6.07) is 1.34. The molecule has 0 aromatic heterocycles. The molecule has 0 aliphatic carbocycles. The molecule has 2 rings (SSSR count). The van der Waals surface area contributed by atoms with Crippen LogP contribution in [-0.2, 0) is 4.74 Å². The number of piperazine rings is 1. The van der Waals surface area contributed by atoms with Crippen LogP contribution < -0.4 is 5.32 Å². The Labute approximate surface area is 80.4 Å². The summed E-state index contributed by atoms with van der Waals surface area (Å²) in [5.74, 6) is 0. The minimum Gasteiger partial charge on any atom is -0.380 e. The summed E-state index contributed by atoms with van der Waals surface area (Å²) in [6.07, 6.45) is 2.57. The van der Waals surface area contributed by atoms with Crippen molar-refractivity contribution in [3.8, 4) is 0 Å². The van der Waals surface area contributed by atoms with Crippen LogP contribution >= 0.6 is 0 Å². The van der Waals surface area contributed by atoms with E-state index in [-0.39, 0.29) is 0 Å². The fraction of sp³-hybridized carbons (Fsp3) is 1.00. The van der Waals surface area contributed by atoms with Gasteiger partial charge in [-0.05, 0) is 19.8 Å². The predicted octanol–water partition coefficient (Wildman–Crippen LogP) is 0.459. The molecule has 2 unspecified atom stereocenters. The Hall–Kier alpha value is -0.120. The quantitative estimate of drug-likeness (QED) is 0.641. The van der Waals surface area contributed by atoms with Crippen molar-refractivity contribution in [2.24, 2.45) is 0 Å². The molecule has 3 nitrogen and oxygen atoms in total. The van der Waals surface area contributed by atoms with Crippen molar-refractivity contribution in [1.82, 2.24) is 10.2 Å². The van der Waals surface area contributed by atoms with E-state index in [1.54, 1.807) is 0 Å². The van der Waals surface area contributed by atoms with Gasteiger partial charge in [0.05, 0.1) is 6.61 Å². The number of rotatable bonds is 1. The Kier molecular flexibility index (Phi) is 3.19. The largest absolute Gasteiger partial charge is 0.380 e. The van der Waals surface area contributed by atoms with Crippen LogP contribution in [0.5, 0.6) is 0 Å². The Bertz CT molecular complexity index is 157. The molecule has 2 fully saturated rings. The number of ether oxygens (including phenoxy) is 1. The van der Waals surface area contributed by atoms with Crippen LogP contribution in [0, 0.1) is 0 Å². The van der Waals surface area contributed by atoms with E-state index in [2.05, 4.69) is 17.1 Å². The van der Waals surface area contributed by atoms with E-state index < -0.39 is 0 Å². The zero-order chi connectivity index (χ0) is 9.10. The molecule has 0 aromatic rings. The smallest absolute Gasteiger partial charge is 0.0621 e. The number of hydrogen-bond donors (Lipinski definition) is 1. The third-order valence-electron chi connectivity index (χ3n) is 3.05. The van der Waals surface area contributed by atoms with Gasteiger partial charge in [-0.1, -0.05) is 0 Å². The minimum atomic E-state index is 0.649. The summed E-state index contributed by atoms with van der Waals surface area (Å²) >= 11 is 0. The summed E-state index contributed by atoms with van der Waals surface area (Å²) in [7, 11) is 0. The van der Waals surface area contributed by atoms with E-state index in [0.29, 0.717) is 12.1 Å². The van der Waals surface area contributed by atoms with Crippen LogP contribution in [0.2, 0.25) is 0 Å². The lowest BCUT2D eigenvalue weighted by Crippen LogP contribution is -2.54. The lowest BCUT2D eigenvalue weighted by molar-refractivity contribution is 0.00844. The Balaban J connectivity index is 1.83. The van der Waals surface area contributed by atoms with Crippen LogP contribution in [0.3, 0.4) is 0 Å². The molecule has 76 valence electrons. The van der Waals surface area contributed by atoms with E-state index in [1.165, 1.54) is 25.9 Å². The lowest BCUT2D eigenvalue weighted by Gasteiger charge is -2.39. The molecule has 0 amide bonds. The topological polar surface area (TPSA) is 24.5 Å². The van der Waals surface area contributed by atoms with E-state index >= 15 is 0 Å². The molecular weight excluding hydrogens is 164 g/mol. The van der Waals surface area contributed by atoms with Gasteiger partial charge >= 0.3 is 0 Å². The molecule has 0 spiro atoms. The summed E-state index contributed by atoms with van der Waals surface area (Å²) in [5.41, 5.74) is 0. The highest BCUT2D eigenvalue weighted by atomic mass is 16.5. The maximum atomic E-state index is 5.51. The molecule has 2 aliphatic heterocycles. The van der Waals surface area contributed by atoms with Gasteiger partial charge in [-0.3, -0.25) is 4.90 Å². The number of nitrogens with one attached hydrogen (secondary N) is 1. The Morgan fingerprint density at radius 1 is 1.46 bits per heavy atom. The molecule has 0 radical (unpaired) electrons. The molecule has 2 atom stereocenters. The molecule has 1 N–H and O–H groups in total. The highest BCUT2D eigenvalue weighted by molar-refractivity contribution is 4.82. The molecule has 0 bridgehead atoms. The maximum Gasteiger partial charge on any atom is 0.0621 e. The first kappa shape index (κ1) is 9.44. The van der Waals surface area contributed by atoms with Gasteiger partial charge in [0, 0.05) is 38.3 Å². The van der Waals surface area contributed by atoms with Crippen molar-refractivity contribution in [2.75, 3.05) is 32.8 Å². The lowest BCUT2D eigenvalue weighted by atomic mass is 10.1. The minimum absolute atomic E-state index is 0.649. The Morgan fingerprint density at radius 3 is 3.08 bits per heavy atom. The van der Waals surface area contributed by atoms with Crippen LogP contribution in [-0.4, -0.2) is 49.8 Å². The van der Waals surface area contributed by atoms with Crippen molar-refractivity contribution < 1.29 is 4.74 Å². The molecule has 0 saturated carbocycles. The van der Waals surface area contributed by atoms with Crippen LogP contribution in [0.15, 0.2) is 0 Å². The van der Waals surface area contributed by atoms with Gasteiger partial charge in [0.15, 0.2) is 0 Å². The third-order valence-corrected chi connectivity index (χ3v) is 3.05. The first-order valence-corrected chi connectivity index (χ1v) is 5.41. The van der Waals surface area contributed by atoms with Crippen LogP contribution in [0.4, 0.5) is 0 Å². The van der Waals surface area contributed by atoms with Crippen LogP contribution in [0.1, 0.15) is 19.8 Å². The summed E-state index contributed by atoms with van der Waals surface area (Å²) in [4.78, 5) is 2.58. The molecule has 2 heterocycles. The zero-order valence-electron chi connectivity index (χ0n) is 8.46. The fourth-order valence-electron chi connectivity index (χ4n) is 2.31. The number of nitrogens with zero attached hydrogens (tertiary/aromatic N) is 1. The molecule has 3 heteroatoms. The van der Waals surface area contributed by atoms with E-state index in [1.807, 2.05) is 0 Å². The zero-order valence-corrected chi connectivity index (χ0v) is 8.46. The average Bonchev–Trinajstić information content (AvgIpc) is 2.19. The predicted molar refractivity (Wildman–Crippen MR) is 52.9 cm³/mol. The van der Waals surface area contributed by atoms with Crippen molar-refractivity contribution >= 4 is 0 Å². The molecular formula is C10H20N2O. The number of hydrogen-bond acceptors (Lipinski definition) is 3. The van der Waals surface area contributed by atoms with E-state index in [4.69, 9.17) is 4.74 Å². The molecule has 2 aliphatic rings. The van der Waals surface area contributed by atoms with E-state index in [0.717, 1.165) is 19.8 Å². The standard InChI is InChI=1S/C10H20N2O/c1-9-7-12(5-4-11-9)10-3-2-6-13-8-10/h9-11H,2-8H2,1H3. The fourth-order valence-corrected chi connectivity index (χ4v) is 2.31. The second-order valence-corrected chi connectivity index (χ2v) is 4.22. The van der Waals surface area contributed by atoms with Gasteiger partial charge in [0.2, 0.25) is 0 Å². The van der Waals surface area contributed by atoms with Gasteiger partial charge in [-0.2, -0.15) is 0 Å². The SMILES string of the molecule is CC1CN(C2CCCOC2)CCN1. The molecule has 0 aromatic carbocycles. The van der Waals surface area contributed by atoms with Gasteiger partial charge < -0.3 is 10.1 Å². The van der Waals surface area contributed by atoms with Gasteiger partial charge in [0.25, 0.3) is 0 Å². The highest BCUT2D eigenvalue weighted by Gasteiger charge is 2.24. The maximum absolute atomic E-state index is 5.51. The normalized spacial score (nSPS) is 37.6.